The number of aromatic nitrogens is 4. The first-order valence-corrected chi connectivity index (χ1v) is 12.2. The zero-order valence-electron chi connectivity index (χ0n) is 19.7. The summed E-state index contributed by atoms with van der Waals surface area (Å²) in [7, 11) is 0. The van der Waals surface area contributed by atoms with Crippen LogP contribution in [0, 0.1) is 6.92 Å². The summed E-state index contributed by atoms with van der Waals surface area (Å²) >= 11 is 3.39. The predicted octanol–water partition coefficient (Wildman–Crippen LogP) is 3.18. The smallest absolute Gasteiger partial charge is 0.276 e. The van der Waals surface area contributed by atoms with Crippen LogP contribution >= 0.6 is 15.9 Å². The molecule has 2 aromatic carbocycles. The number of hydrogen-bond acceptors (Lipinski definition) is 7. The lowest BCUT2D eigenvalue weighted by molar-refractivity contribution is 0.0985. The monoisotopic (exact) mass is 554 g/mol. The molecule has 0 radical (unpaired) electrons. The topological polar surface area (TPSA) is 163 Å². The van der Waals surface area contributed by atoms with Crippen molar-refractivity contribution < 1.29 is 14.3 Å². The van der Waals surface area contributed by atoms with Crippen molar-refractivity contribution in [2.45, 2.75) is 13.3 Å². The molecule has 0 aliphatic carbocycles. The number of nitrogens with zero attached hydrogens (tertiary/aromatic N) is 2. The van der Waals surface area contributed by atoms with Crippen molar-refractivity contribution in [1.29, 1.82) is 0 Å². The minimum atomic E-state index is -0.552. The van der Waals surface area contributed by atoms with Crippen LogP contribution in [0.1, 0.15) is 33.0 Å². The Morgan fingerprint density at radius 2 is 1.97 bits per heavy atom. The van der Waals surface area contributed by atoms with Crippen molar-refractivity contribution in [2.75, 3.05) is 36.9 Å². The van der Waals surface area contributed by atoms with Gasteiger partial charge in [0.05, 0.1) is 24.0 Å². The lowest BCUT2D eigenvalue weighted by atomic mass is 10.2. The van der Waals surface area contributed by atoms with E-state index in [9.17, 15) is 9.59 Å². The van der Waals surface area contributed by atoms with Gasteiger partial charge in [0.2, 0.25) is 5.95 Å². The van der Waals surface area contributed by atoms with Crippen LogP contribution in [-0.4, -0.2) is 58.0 Å². The first-order valence-electron chi connectivity index (χ1n) is 11.4. The maximum atomic E-state index is 12.9. The Bertz CT molecular complexity index is 1370. The number of nitrogens with two attached hydrogens (primary N) is 1. The van der Waals surface area contributed by atoms with E-state index >= 15 is 0 Å². The molecule has 7 N–H and O–H groups in total. The fraction of sp³-hybridized carbons (Fsp3) is 0.250. The van der Waals surface area contributed by atoms with Gasteiger partial charge in [-0.25, -0.2) is 9.97 Å². The van der Waals surface area contributed by atoms with Crippen molar-refractivity contribution >= 4 is 50.4 Å². The summed E-state index contributed by atoms with van der Waals surface area (Å²) in [6.07, 6.45) is 2.15. The second kappa shape index (κ2) is 11.8. The van der Waals surface area contributed by atoms with Gasteiger partial charge in [-0.3, -0.25) is 14.9 Å². The summed E-state index contributed by atoms with van der Waals surface area (Å²) in [5, 5.41) is 8.69. The molecule has 2 amide bonds. The number of imidazole rings is 2. The number of H-pyrrole nitrogens is 2. The Morgan fingerprint density at radius 3 is 2.81 bits per heavy atom. The van der Waals surface area contributed by atoms with Crippen molar-refractivity contribution in [3.8, 4) is 5.75 Å². The van der Waals surface area contributed by atoms with Crippen LogP contribution in [0.25, 0.3) is 11.0 Å². The highest BCUT2D eigenvalue weighted by Crippen LogP contribution is 2.23. The zero-order valence-corrected chi connectivity index (χ0v) is 21.2. The summed E-state index contributed by atoms with van der Waals surface area (Å²) in [6.45, 7) is 4.65. The highest BCUT2D eigenvalue weighted by atomic mass is 79.9. The molecule has 12 heteroatoms. The summed E-state index contributed by atoms with van der Waals surface area (Å²) in [5.74, 6) is -0.128. The SMILES string of the molecule is Cc1ccc(Br)cc1NC(=O)c1nc[nH]c1C(=O)Nc1nc2ccc(OCCCNCCN)cc2[nH]1. The van der Waals surface area contributed by atoms with Gasteiger partial charge in [-0.05, 0) is 49.7 Å². The van der Waals surface area contributed by atoms with Crippen LogP contribution in [0.2, 0.25) is 0 Å². The first-order chi connectivity index (χ1) is 17.4. The van der Waals surface area contributed by atoms with Crippen LogP contribution in [0.5, 0.6) is 5.75 Å². The normalized spacial score (nSPS) is 11.0. The molecule has 4 rings (SSSR count). The molecule has 0 aliphatic rings. The second-order valence-electron chi connectivity index (χ2n) is 8.00. The average Bonchev–Trinajstić information content (AvgIpc) is 3.50. The van der Waals surface area contributed by atoms with Gasteiger partial charge in [0.15, 0.2) is 5.69 Å². The Morgan fingerprint density at radius 1 is 1.11 bits per heavy atom. The maximum Gasteiger partial charge on any atom is 0.276 e. The molecule has 188 valence electrons. The number of carbonyl (C=O) groups is 2. The Hall–Kier alpha value is -3.74. The van der Waals surface area contributed by atoms with Crippen molar-refractivity contribution in [1.82, 2.24) is 25.3 Å². The first kappa shape index (κ1) is 25.4. The molecule has 0 spiro atoms. The van der Waals surface area contributed by atoms with Crippen LogP contribution < -0.4 is 26.4 Å². The molecule has 0 saturated heterocycles. The van der Waals surface area contributed by atoms with E-state index in [4.69, 9.17) is 10.5 Å². The molecule has 0 unspecified atom stereocenters. The van der Waals surface area contributed by atoms with Gasteiger partial charge < -0.3 is 31.1 Å². The highest BCUT2D eigenvalue weighted by Gasteiger charge is 2.22. The molecule has 4 aromatic rings. The Kier molecular flexibility index (Phi) is 8.31. The van der Waals surface area contributed by atoms with E-state index in [0.717, 1.165) is 29.5 Å². The Balaban J connectivity index is 1.40. The van der Waals surface area contributed by atoms with E-state index in [2.05, 4.69) is 51.8 Å². The lowest BCUT2D eigenvalue weighted by Gasteiger charge is -2.08. The highest BCUT2D eigenvalue weighted by molar-refractivity contribution is 9.10. The number of aromatic amines is 2. The number of fused-ring (bicyclic) bond motifs is 1. The quantitative estimate of drug-likeness (QED) is 0.155. The van der Waals surface area contributed by atoms with Crippen LogP contribution in [0.15, 0.2) is 47.2 Å². The van der Waals surface area contributed by atoms with Crippen molar-refractivity contribution in [2.24, 2.45) is 5.73 Å². The number of amides is 2. The van der Waals surface area contributed by atoms with Crippen LogP contribution in [-0.2, 0) is 0 Å². The third-order valence-electron chi connectivity index (χ3n) is 5.30. The molecule has 0 fully saturated rings. The van der Waals surface area contributed by atoms with Gasteiger partial charge >= 0.3 is 0 Å². The summed E-state index contributed by atoms with van der Waals surface area (Å²) < 4.78 is 6.60. The lowest BCUT2D eigenvalue weighted by Crippen LogP contribution is -2.24. The van der Waals surface area contributed by atoms with Gasteiger partial charge in [-0.2, -0.15) is 0 Å². The number of anilines is 2. The zero-order chi connectivity index (χ0) is 25.5. The molecular formula is C24H27BrN8O3. The molecule has 36 heavy (non-hydrogen) atoms. The number of halogens is 1. The molecular weight excluding hydrogens is 528 g/mol. The molecule has 0 atom stereocenters. The van der Waals surface area contributed by atoms with Gasteiger partial charge in [-0.15, -0.1) is 0 Å². The van der Waals surface area contributed by atoms with Crippen LogP contribution in [0.3, 0.4) is 0 Å². The summed E-state index contributed by atoms with van der Waals surface area (Å²) in [5.41, 5.74) is 8.31. The largest absolute Gasteiger partial charge is 0.493 e. The van der Waals surface area contributed by atoms with Gasteiger partial charge in [0.25, 0.3) is 11.8 Å². The number of hydrogen-bond donors (Lipinski definition) is 6. The van der Waals surface area contributed by atoms with Crippen molar-refractivity contribution in [3.63, 3.8) is 0 Å². The minimum Gasteiger partial charge on any atom is -0.493 e. The number of ether oxygens (including phenoxy) is 1. The predicted molar refractivity (Wildman–Crippen MR) is 142 cm³/mol. The number of benzene rings is 2. The molecule has 11 nitrogen and oxygen atoms in total. The number of nitrogens with one attached hydrogen (secondary N) is 5. The average molecular weight is 555 g/mol. The number of carbonyl (C=O) groups excluding carboxylic acids is 2. The van der Waals surface area contributed by atoms with Crippen LogP contribution in [0.4, 0.5) is 11.6 Å². The van der Waals surface area contributed by atoms with E-state index in [1.807, 2.05) is 31.2 Å². The number of aryl methyl sites for hydroxylation is 1. The van der Waals surface area contributed by atoms with Gasteiger partial charge in [0.1, 0.15) is 11.4 Å². The molecule has 0 aliphatic heterocycles. The second-order valence-corrected chi connectivity index (χ2v) is 8.91. The minimum absolute atomic E-state index is 0.0212. The third kappa shape index (κ3) is 6.27. The maximum absolute atomic E-state index is 12.9. The Labute approximate surface area is 215 Å². The fourth-order valence-electron chi connectivity index (χ4n) is 3.47. The third-order valence-corrected chi connectivity index (χ3v) is 5.80. The fourth-order valence-corrected chi connectivity index (χ4v) is 3.83. The van der Waals surface area contributed by atoms with Gasteiger partial charge in [0, 0.05) is 29.3 Å². The standard InChI is InChI=1S/C24H27BrN8O3/c1-14-3-4-15(25)11-18(14)30-22(34)20-21(29-13-28-20)23(35)33-24-31-17-6-5-16(12-19(17)32-24)36-10-2-8-27-9-7-26/h3-6,11-13,27H,2,7-10,26H2,1H3,(H,28,29)(H,30,34)(H2,31,32,33,35). The van der Waals surface area contributed by atoms with Gasteiger partial charge in [-0.1, -0.05) is 22.0 Å². The van der Waals surface area contributed by atoms with E-state index in [0.29, 0.717) is 35.6 Å². The van der Waals surface area contributed by atoms with E-state index in [-0.39, 0.29) is 17.3 Å². The van der Waals surface area contributed by atoms with E-state index in [1.165, 1.54) is 6.33 Å². The number of rotatable bonds is 11. The summed E-state index contributed by atoms with van der Waals surface area (Å²) in [6, 6.07) is 11.0. The molecule has 2 heterocycles. The molecule has 0 bridgehead atoms. The van der Waals surface area contributed by atoms with Crippen molar-refractivity contribution in [3.05, 3.63) is 64.1 Å². The molecule has 0 saturated carbocycles. The van der Waals surface area contributed by atoms with E-state index in [1.54, 1.807) is 12.1 Å². The van der Waals surface area contributed by atoms with E-state index < -0.39 is 11.8 Å². The summed E-state index contributed by atoms with van der Waals surface area (Å²) in [4.78, 5) is 39.9. The molecule has 2 aromatic heterocycles.